The van der Waals surface area contributed by atoms with Crippen molar-refractivity contribution < 1.29 is 8.42 Å². The fourth-order valence-corrected chi connectivity index (χ4v) is 5.12. The molecule has 0 saturated heterocycles. The Kier molecular flexibility index (Phi) is 4.78. The summed E-state index contributed by atoms with van der Waals surface area (Å²) in [5.74, 6) is 1.37. The Morgan fingerprint density at radius 3 is 2.83 bits per heavy atom. The molecule has 2 aromatic rings. The quantitative estimate of drug-likeness (QED) is 0.850. The van der Waals surface area contributed by atoms with Gasteiger partial charge in [0, 0.05) is 39.0 Å². The summed E-state index contributed by atoms with van der Waals surface area (Å²) < 4.78 is 32.3. The maximum atomic E-state index is 12.9. The van der Waals surface area contributed by atoms with Gasteiger partial charge < -0.3 is 4.57 Å². The van der Waals surface area contributed by atoms with Gasteiger partial charge in [0.25, 0.3) is 0 Å². The molecular formula is C16H25N5O2S. The van der Waals surface area contributed by atoms with Crippen molar-refractivity contribution in [2.75, 3.05) is 6.54 Å². The molecule has 3 heterocycles. The maximum Gasteiger partial charge on any atom is 0.244 e. The van der Waals surface area contributed by atoms with Crippen molar-refractivity contribution >= 4 is 10.0 Å². The third-order valence-electron chi connectivity index (χ3n) is 4.72. The van der Waals surface area contributed by atoms with E-state index in [1.807, 2.05) is 20.0 Å². The third-order valence-corrected chi connectivity index (χ3v) is 6.27. The van der Waals surface area contributed by atoms with Crippen LogP contribution in [0, 0.1) is 5.92 Å². The largest absolute Gasteiger partial charge is 0.335 e. The van der Waals surface area contributed by atoms with Crippen molar-refractivity contribution in [1.82, 2.24) is 24.1 Å². The molecule has 3 rings (SSSR count). The highest BCUT2D eigenvalue weighted by molar-refractivity contribution is 7.89. The number of aryl methyl sites for hydroxylation is 3. The molecule has 0 saturated carbocycles. The van der Waals surface area contributed by atoms with Gasteiger partial charge in [0.15, 0.2) is 0 Å². The monoisotopic (exact) mass is 351 g/mol. The minimum atomic E-state index is -3.55. The molecule has 1 N–H and O–H groups in total. The number of nitrogens with one attached hydrogen (secondary N) is 1. The smallest absolute Gasteiger partial charge is 0.244 e. The van der Waals surface area contributed by atoms with Gasteiger partial charge in [-0.15, -0.1) is 0 Å². The number of fused-ring (bicyclic) bond motifs is 1. The van der Waals surface area contributed by atoms with Gasteiger partial charge in [-0.3, -0.25) is 4.68 Å². The maximum absolute atomic E-state index is 12.9. The summed E-state index contributed by atoms with van der Waals surface area (Å²) in [5, 5.41) is 4.37. The van der Waals surface area contributed by atoms with Gasteiger partial charge >= 0.3 is 0 Å². The lowest BCUT2D eigenvalue weighted by atomic mass is 10.00. The fourth-order valence-electron chi connectivity index (χ4n) is 3.43. The van der Waals surface area contributed by atoms with Crippen LogP contribution in [0.3, 0.4) is 0 Å². The van der Waals surface area contributed by atoms with E-state index in [1.54, 1.807) is 17.9 Å². The van der Waals surface area contributed by atoms with Gasteiger partial charge in [0.2, 0.25) is 10.0 Å². The minimum absolute atomic E-state index is 0.285. The highest BCUT2D eigenvalue weighted by atomic mass is 32.2. The number of hydrogen-bond acceptors (Lipinski definition) is 4. The van der Waals surface area contributed by atoms with Crippen LogP contribution in [-0.2, 0) is 42.9 Å². The first-order valence-electron chi connectivity index (χ1n) is 8.50. The summed E-state index contributed by atoms with van der Waals surface area (Å²) in [6.07, 6.45) is 6.86. The molecule has 7 nitrogen and oxygen atoms in total. The zero-order valence-corrected chi connectivity index (χ0v) is 15.3. The fraction of sp³-hybridized carbons (Fsp3) is 0.625. The number of sulfonamides is 1. The number of rotatable bonds is 6. The summed E-state index contributed by atoms with van der Waals surface area (Å²) in [7, 11) is -1.74. The number of aromatic nitrogens is 4. The van der Waals surface area contributed by atoms with E-state index in [-0.39, 0.29) is 5.92 Å². The van der Waals surface area contributed by atoms with Crippen LogP contribution in [0.25, 0.3) is 0 Å². The molecule has 1 unspecified atom stereocenters. The SMILES string of the molecule is CCc1nn(C)c(CC)c1S(=O)(=O)NCC1CCc2nccn2C1. The second-order valence-electron chi connectivity index (χ2n) is 6.31. The Labute approximate surface area is 143 Å². The van der Waals surface area contributed by atoms with E-state index in [2.05, 4.69) is 19.4 Å². The molecule has 1 atom stereocenters. The Balaban J connectivity index is 1.76. The Bertz CT molecular complexity index is 822. The van der Waals surface area contributed by atoms with E-state index >= 15 is 0 Å². The highest BCUT2D eigenvalue weighted by Crippen LogP contribution is 2.23. The molecule has 0 aromatic carbocycles. The Morgan fingerprint density at radius 1 is 1.33 bits per heavy atom. The molecule has 2 aromatic heterocycles. The first-order chi connectivity index (χ1) is 11.5. The molecule has 0 amide bonds. The zero-order valence-electron chi connectivity index (χ0n) is 14.5. The lowest BCUT2D eigenvalue weighted by molar-refractivity contribution is 0.363. The van der Waals surface area contributed by atoms with Crippen LogP contribution >= 0.6 is 0 Å². The van der Waals surface area contributed by atoms with Crippen LogP contribution < -0.4 is 4.72 Å². The highest BCUT2D eigenvalue weighted by Gasteiger charge is 2.27. The predicted octanol–water partition coefficient (Wildman–Crippen LogP) is 1.28. The van der Waals surface area contributed by atoms with Crippen LogP contribution in [-0.4, -0.2) is 34.3 Å². The van der Waals surface area contributed by atoms with Crippen LogP contribution in [0.4, 0.5) is 0 Å². The number of nitrogens with zero attached hydrogens (tertiary/aromatic N) is 4. The van der Waals surface area contributed by atoms with Crippen LogP contribution in [0.1, 0.15) is 37.5 Å². The molecule has 0 fully saturated rings. The van der Waals surface area contributed by atoms with Crippen molar-refractivity contribution in [3.05, 3.63) is 29.6 Å². The summed E-state index contributed by atoms with van der Waals surface area (Å²) in [6, 6.07) is 0. The van der Waals surface area contributed by atoms with E-state index in [0.717, 1.165) is 30.9 Å². The summed E-state index contributed by atoms with van der Waals surface area (Å²) in [4.78, 5) is 4.68. The summed E-state index contributed by atoms with van der Waals surface area (Å²) in [5.41, 5.74) is 1.40. The molecule has 132 valence electrons. The first kappa shape index (κ1) is 17.2. The Hall–Kier alpha value is -1.67. The second-order valence-corrected chi connectivity index (χ2v) is 8.01. The molecule has 0 radical (unpaired) electrons. The van der Waals surface area contributed by atoms with Crippen molar-refractivity contribution in [1.29, 1.82) is 0 Å². The topological polar surface area (TPSA) is 81.8 Å². The van der Waals surface area contributed by atoms with Crippen LogP contribution in [0.15, 0.2) is 17.3 Å². The van der Waals surface area contributed by atoms with Gasteiger partial charge in [-0.05, 0) is 25.2 Å². The normalized spacial score (nSPS) is 17.9. The van der Waals surface area contributed by atoms with Crippen LogP contribution in [0.5, 0.6) is 0 Å². The molecule has 0 spiro atoms. The van der Waals surface area contributed by atoms with E-state index < -0.39 is 10.0 Å². The van der Waals surface area contributed by atoms with Gasteiger partial charge in [-0.25, -0.2) is 18.1 Å². The van der Waals surface area contributed by atoms with E-state index in [4.69, 9.17) is 0 Å². The Morgan fingerprint density at radius 2 is 2.12 bits per heavy atom. The predicted molar refractivity (Wildman–Crippen MR) is 91.2 cm³/mol. The second kappa shape index (κ2) is 6.68. The molecule has 0 bridgehead atoms. The molecule has 8 heteroatoms. The molecule has 1 aliphatic heterocycles. The van der Waals surface area contributed by atoms with Gasteiger partial charge in [0.1, 0.15) is 10.7 Å². The number of imidazole rings is 1. The molecule has 1 aliphatic rings. The average molecular weight is 351 g/mol. The van der Waals surface area contributed by atoms with E-state index in [0.29, 0.717) is 30.0 Å². The van der Waals surface area contributed by atoms with Crippen molar-refractivity contribution in [3.8, 4) is 0 Å². The molecule has 0 aliphatic carbocycles. The number of hydrogen-bond donors (Lipinski definition) is 1. The molecule has 24 heavy (non-hydrogen) atoms. The lowest BCUT2D eigenvalue weighted by Gasteiger charge is -2.24. The van der Waals surface area contributed by atoms with Gasteiger partial charge in [-0.1, -0.05) is 13.8 Å². The van der Waals surface area contributed by atoms with Crippen molar-refractivity contribution in [2.24, 2.45) is 13.0 Å². The van der Waals surface area contributed by atoms with Crippen LogP contribution in [0.2, 0.25) is 0 Å². The third kappa shape index (κ3) is 3.12. The van der Waals surface area contributed by atoms with Crippen molar-refractivity contribution in [2.45, 2.75) is 51.0 Å². The standard InChI is InChI=1S/C16H25N5O2S/c1-4-13-16(14(5-2)20(3)19-13)24(22,23)18-10-12-6-7-15-17-8-9-21(15)11-12/h8-9,12,18H,4-7,10-11H2,1-3H3. The minimum Gasteiger partial charge on any atom is -0.335 e. The first-order valence-corrected chi connectivity index (χ1v) is 9.99. The van der Waals surface area contributed by atoms with Gasteiger partial charge in [-0.2, -0.15) is 5.10 Å². The lowest BCUT2D eigenvalue weighted by Crippen LogP contribution is -2.34. The van der Waals surface area contributed by atoms with Gasteiger partial charge in [0.05, 0.1) is 11.4 Å². The summed E-state index contributed by atoms with van der Waals surface area (Å²) in [6.45, 7) is 5.15. The molecular weight excluding hydrogens is 326 g/mol. The average Bonchev–Trinajstić information content (AvgIpc) is 3.16. The van der Waals surface area contributed by atoms with E-state index in [1.165, 1.54) is 0 Å². The van der Waals surface area contributed by atoms with E-state index in [9.17, 15) is 8.42 Å². The van der Waals surface area contributed by atoms with Crippen molar-refractivity contribution in [3.63, 3.8) is 0 Å². The summed E-state index contributed by atoms with van der Waals surface area (Å²) >= 11 is 0. The zero-order chi connectivity index (χ0) is 17.3.